The van der Waals surface area contributed by atoms with Crippen LogP contribution in [0.5, 0.6) is 0 Å². The van der Waals surface area contributed by atoms with Crippen LogP contribution in [0.4, 0.5) is 4.79 Å². The van der Waals surface area contributed by atoms with E-state index in [0.717, 1.165) is 30.5 Å². The Labute approximate surface area is 140 Å². The normalized spacial score (nSPS) is 12.8. The van der Waals surface area contributed by atoms with Crippen LogP contribution in [-0.2, 0) is 6.42 Å². The van der Waals surface area contributed by atoms with E-state index in [-0.39, 0.29) is 24.1 Å². The molecule has 0 saturated carbocycles. The first-order chi connectivity index (χ1) is 10.8. The number of pyridine rings is 1. The number of nitrogens with one attached hydrogen (secondary N) is 1. The first-order valence-electron chi connectivity index (χ1n) is 8.29. The van der Waals surface area contributed by atoms with E-state index in [0.29, 0.717) is 6.54 Å². The summed E-state index contributed by atoms with van der Waals surface area (Å²) < 4.78 is 0. The van der Waals surface area contributed by atoms with Gasteiger partial charge in [-0.2, -0.15) is 0 Å². The van der Waals surface area contributed by atoms with Gasteiger partial charge in [-0.25, -0.2) is 4.79 Å². The number of carbonyl (C=O) groups excluding carboxylic acids is 1. The Hall–Kier alpha value is -1.62. The number of rotatable bonds is 8. The molecule has 0 aliphatic rings. The van der Waals surface area contributed by atoms with E-state index in [4.69, 9.17) is 0 Å². The van der Waals surface area contributed by atoms with E-state index in [9.17, 15) is 9.90 Å². The molecule has 0 radical (unpaired) electrons. The Kier molecular flexibility index (Phi) is 7.49. The van der Waals surface area contributed by atoms with Crippen LogP contribution in [0.1, 0.15) is 44.9 Å². The second kappa shape index (κ2) is 8.87. The van der Waals surface area contributed by atoms with Crippen LogP contribution in [0.2, 0.25) is 0 Å². The molecule has 0 aromatic carbocycles. The van der Waals surface area contributed by atoms with E-state index in [1.807, 2.05) is 46.9 Å². The fourth-order valence-electron chi connectivity index (χ4n) is 2.32. The molecule has 1 rings (SSSR count). The molecule has 1 atom stereocenters. The second-order valence-corrected chi connectivity index (χ2v) is 7.09. The highest BCUT2D eigenvalue weighted by atomic mass is 16.3. The average Bonchev–Trinajstić information content (AvgIpc) is 2.52. The summed E-state index contributed by atoms with van der Waals surface area (Å²) in [5, 5.41) is 12.2. The predicted octanol–water partition coefficient (Wildman–Crippen LogP) is 2.76. The molecule has 1 unspecified atom stereocenters. The summed E-state index contributed by atoms with van der Waals surface area (Å²) in [5.74, 6) is 0. The zero-order valence-corrected chi connectivity index (χ0v) is 15.1. The van der Waals surface area contributed by atoms with Crippen molar-refractivity contribution in [1.82, 2.24) is 15.2 Å². The molecule has 1 aromatic heterocycles. The van der Waals surface area contributed by atoms with Crippen molar-refractivity contribution >= 4 is 6.03 Å². The van der Waals surface area contributed by atoms with Gasteiger partial charge in [0.15, 0.2) is 0 Å². The third kappa shape index (κ3) is 6.57. The third-order valence-corrected chi connectivity index (χ3v) is 4.32. The highest BCUT2D eigenvalue weighted by Gasteiger charge is 2.18. The van der Waals surface area contributed by atoms with E-state index < -0.39 is 0 Å². The number of aromatic nitrogens is 1. The monoisotopic (exact) mass is 321 g/mol. The van der Waals surface area contributed by atoms with Crippen LogP contribution in [0, 0.1) is 12.3 Å². The average molecular weight is 321 g/mol. The van der Waals surface area contributed by atoms with Gasteiger partial charge in [0.1, 0.15) is 0 Å². The maximum atomic E-state index is 12.2. The molecule has 1 aromatic rings. The molecule has 0 spiro atoms. The number of aryl methyl sites for hydroxylation is 1. The number of carbonyl (C=O) groups is 1. The van der Waals surface area contributed by atoms with E-state index >= 15 is 0 Å². The van der Waals surface area contributed by atoms with Crippen LogP contribution < -0.4 is 5.32 Å². The highest BCUT2D eigenvalue weighted by Crippen LogP contribution is 2.20. The molecule has 2 N–H and O–H groups in total. The molecule has 5 nitrogen and oxygen atoms in total. The van der Waals surface area contributed by atoms with E-state index in [1.54, 1.807) is 11.1 Å². The number of urea groups is 1. The lowest BCUT2D eigenvalue weighted by Crippen LogP contribution is -2.43. The molecule has 5 heteroatoms. The third-order valence-electron chi connectivity index (χ3n) is 4.32. The minimum atomic E-state index is -0.0829. The lowest BCUT2D eigenvalue weighted by molar-refractivity contribution is 0.147. The smallest absolute Gasteiger partial charge is 0.317 e. The summed E-state index contributed by atoms with van der Waals surface area (Å²) >= 11 is 0. The molecule has 0 bridgehead atoms. The summed E-state index contributed by atoms with van der Waals surface area (Å²) in [5.41, 5.74) is 2.10. The van der Waals surface area contributed by atoms with Crippen molar-refractivity contribution in [2.24, 2.45) is 5.41 Å². The Bertz CT molecular complexity index is 503. The van der Waals surface area contributed by atoms with Gasteiger partial charge in [0.2, 0.25) is 0 Å². The summed E-state index contributed by atoms with van der Waals surface area (Å²) in [4.78, 5) is 18.3. The van der Waals surface area contributed by atoms with Gasteiger partial charge in [-0.1, -0.05) is 19.9 Å². The predicted molar refractivity (Wildman–Crippen MR) is 93.4 cm³/mol. The Morgan fingerprint density at radius 3 is 2.78 bits per heavy atom. The van der Waals surface area contributed by atoms with Gasteiger partial charge in [0.25, 0.3) is 0 Å². The Balaban J connectivity index is 2.39. The van der Waals surface area contributed by atoms with Gasteiger partial charge in [-0.3, -0.25) is 4.98 Å². The fraction of sp³-hybridized carbons (Fsp3) is 0.667. The zero-order valence-electron chi connectivity index (χ0n) is 15.1. The lowest BCUT2D eigenvalue weighted by Gasteiger charge is -2.26. The van der Waals surface area contributed by atoms with Gasteiger partial charge >= 0.3 is 6.03 Å². The number of hydrogen-bond acceptors (Lipinski definition) is 3. The molecule has 0 aliphatic carbocycles. The van der Waals surface area contributed by atoms with Crippen molar-refractivity contribution in [3.8, 4) is 0 Å². The standard InChI is InChI=1S/C18H31N3O2/c1-14-8-6-10-19-16(14)12-15(2)21(5)17(23)20-11-7-9-18(3,4)13-22/h6,8,10,15,22H,7,9,11-13H2,1-5H3,(H,20,23). The minimum absolute atomic E-state index is 0.0621. The van der Waals surface area contributed by atoms with Gasteiger partial charge in [0, 0.05) is 44.6 Å². The molecule has 0 fully saturated rings. The zero-order chi connectivity index (χ0) is 17.5. The number of aliphatic hydroxyl groups is 1. The molecule has 0 aliphatic heterocycles. The van der Waals surface area contributed by atoms with E-state index in [2.05, 4.69) is 10.3 Å². The molecular formula is C18H31N3O2. The van der Waals surface area contributed by atoms with E-state index in [1.165, 1.54) is 0 Å². The first-order valence-corrected chi connectivity index (χ1v) is 8.29. The Morgan fingerprint density at radius 2 is 2.17 bits per heavy atom. The molecule has 1 heterocycles. The number of aliphatic hydroxyl groups excluding tert-OH is 1. The van der Waals surface area contributed by atoms with Crippen molar-refractivity contribution in [3.63, 3.8) is 0 Å². The molecule has 23 heavy (non-hydrogen) atoms. The fourth-order valence-corrected chi connectivity index (χ4v) is 2.32. The molecule has 2 amide bonds. The molecular weight excluding hydrogens is 290 g/mol. The van der Waals surface area contributed by atoms with Gasteiger partial charge in [0.05, 0.1) is 0 Å². The maximum Gasteiger partial charge on any atom is 0.317 e. The van der Waals surface area contributed by atoms with Crippen LogP contribution >= 0.6 is 0 Å². The van der Waals surface area contributed by atoms with Gasteiger partial charge in [-0.15, -0.1) is 0 Å². The number of nitrogens with zero attached hydrogens (tertiary/aromatic N) is 2. The number of hydrogen-bond donors (Lipinski definition) is 2. The first kappa shape index (κ1) is 19.4. The Morgan fingerprint density at radius 1 is 1.48 bits per heavy atom. The van der Waals surface area contributed by atoms with Crippen LogP contribution in [0.15, 0.2) is 18.3 Å². The van der Waals surface area contributed by atoms with Crippen molar-refractivity contribution in [1.29, 1.82) is 0 Å². The summed E-state index contributed by atoms with van der Waals surface area (Å²) in [6.07, 6.45) is 4.28. The van der Waals surface area contributed by atoms with Gasteiger partial charge < -0.3 is 15.3 Å². The number of amides is 2. The van der Waals surface area contributed by atoms with Crippen LogP contribution in [0.3, 0.4) is 0 Å². The number of likely N-dealkylation sites (N-methyl/N-ethyl adjacent to an activating group) is 1. The quantitative estimate of drug-likeness (QED) is 0.724. The van der Waals surface area contributed by atoms with Crippen molar-refractivity contribution in [2.45, 2.75) is 53.0 Å². The van der Waals surface area contributed by atoms with Crippen molar-refractivity contribution in [3.05, 3.63) is 29.6 Å². The highest BCUT2D eigenvalue weighted by molar-refractivity contribution is 5.74. The minimum Gasteiger partial charge on any atom is -0.396 e. The van der Waals surface area contributed by atoms with Crippen LogP contribution in [-0.4, -0.2) is 47.3 Å². The second-order valence-electron chi connectivity index (χ2n) is 7.09. The maximum absolute atomic E-state index is 12.2. The summed E-state index contributed by atoms with van der Waals surface area (Å²) in [6.45, 7) is 8.92. The summed E-state index contributed by atoms with van der Waals surface area (Å²) in [6, 6.07) is 3.98. The largest absolute Gasteiger partial charge is 0.396 e. The van der Waals surface area contributed by atoms with Crippen LogP contribution in [0.25, 0.3) is 0 Å². The van der Waals surface area contributed by atoms with Crippen molar-refractivity contribution in [2.75, 3.05) is 20.2 Å². The SMILES string of the molecule is Cc1cccnc1CC(C)N(C)C(=O)NCCCC(C)(C)CO. The molecule has 0 saturated heterocycles. The van der Waals surface area contributed by atoms with Crippen molar-refractivity contribution < 1.29 is 9.90 Å². The molecule has 130 valence electrons. The van der Waals surface area contributed by atoms with Gasteiger partial charge in [-0.05, 0) is 43.7 Å². The topological polar surface area (TPSA) is 65.5 Å². The lowest BCUT2D eigenvalue weighted by atomic mass is 9.89. The summed E-state index contributed by atoms with van der Waals surface area (Å²) in [7, 11) is 1.82.